The monoisotopic (exact) mass is 404 g/mol. The lowest BCUT2D eigenvalue weighted by Crippen LogP contribution is -2.31. The van der Waals surface area contributed by atoms with Crippen molar-refractivity contribution in [1.82, 2.24) is 9.88 Å². The number of nitrogens with one attached hydrogen (secondary N) is 1. The quantitative estimate of drug-likeness (QED) is 0.690. The van der Waals surface area contributed by atoms with Crippen LogP contribution in [0.2, 0.25) is 0 Å². The molecule has 152 valence electrons. The summed E-state index contributed by atoms with van der Waals surface area (Å²) in [5, 5.41) is 0.809. The highest BCUT2D eigenvalue weighted by atomic mass is 19.4. The summed E-state index contributed by atoms with van der Waals surface area (Å²) in [6, 6.07) is 12.9. The first kappa shape index (κ1) is 20.4. The standard InChI is InChI=1S/C21H19F3N2O3/c1-13-6-5-8-15-10-17(20(28)25-19(13)15)12-26(14(2)27)11-16-7-3-4-9-18(16)29-21(22,23)24/h3-10H,11-12H2,1-2H3,(H,25,28). The minimum absolute atomic E-state index is 0.0467. The first-order chi connectivity index (χ1) is 13.6. The Labute approximate surface area is 164 Å². The summed E-state index contributed by atoms with van der Waals surface area (Å²) in [6.45, 7) is 2.99. The number of rotatable bonds is 5. The number of H-pyrrole nitrogens is 1. The molecule has 3 aromatic rings. The molecule has 1 heterocycles. The summed E-state index contributed by atoms with van der Waals surface area (Å²) >= 11 is 0. The molecule has 2 aromatic carbocycles. The molecule has 0 fully saturated rings. The van der Waals surface area contributed by atoms with Gasteiger partial charge in [-0.2, -0.15) is 0 Å². The zero-order valence-corrected chi connectivity index (χ0v) is 15.8. The Bertz CT molecular complexity index is 1110. The molecule has 29 heavy (non-hydrogen) atoms. The minimum Gasteiger partial charge on any atom is -0.405 e. The first-order valence-corrected chi connectivity index (χ1v) is 8.85. The number of aryl methyl sites for hydroxylation is 1. The van der Waals surface area contributed by atoms with Crippen LogP contribution in [0.4, 0.5) is 13.2 Å². The van der Waals surface area contributed by atoms with Gasteiger partial charge in [0.2, 0.25) is 5.91 Å². The van der Waals surface area contributed by atoms with Gasteiger partial charge in [0.15, 0.2) is 0 Å². The fraction of sp³-hybridized carbons (Fsp3) is 0.238. The first-order valence-electron chi connectivity index (χ1n) is 8.85. The average Bonchev–Trinajstić information content (AvgIpc) is 2.62. The summed E-state index contributed by atoms with van der Waals surface area (Å²) in [6.07, 6.45) is -4.84. The molecule has 0 aliphatic heterocycles. The number of para-hydroxylation sites is 2. The second-order valence-electron chi connectivity index (χ2n) is 6.69. The average molecular weight is 404 g/mol. The van der Waals surface area contributed by atoms with E-state index in [9.17, 15) is 22.8 Å². The molecule has 0 bridgehead atoms. The number of carbonyl (C=O) groups excluding carboxylic acids is 1. The molecule has 0 aliphatic rings. The number of hydrogen-bond donors (Lipinski definition) is 1. The maximum absolute atomic E-state index is 12.6. The van der Waals surface area contributed by atoms with E-state index in [-0.39, 0.29) is 35.9 Å². The smallest absolute Gasteiger partial charge is 0.405 e. The molecule has 3 rings (SSSR count). The number of nitrogens with zero attached hydrogens (tertiary/aromatic N) is 1. The van der Waals surface area contributed by atoms with Gasteiger partial charge in [-0.3, -0.25) is 9.59 Å². The van der Waals surface area contributed by atoms with Gasteiger partial charge < -0.3 is 14.6 Å². The van der Waals surface area contributed by atoms with E-state index in [4.69, 9.17) is 0 Å². The van der Waals surface area contributed by atoms with Crippen LogP contribution < -0.4 is 10.3 Å². The Morgan fingerprint density at radius 1 is 1.07 bits per heavy atom. The zero-order valence-electron chi connectivity index (χ0n) is 15.8. The molecule has 1 amide bonds. The van der Waals surface area contributed by atoms with E-state index >= 15 is 0 Å². The minimum atomic E-state index is -4.84. The molecule has 0 unspecified atom stereocenters. The predicted octanol–water partition coefficient (Wildman–Crippen LogP) is 4.28. The van der Waals surface area contributed by atoms with Gasteiger partial charge in [0.05, 0.1) is 12.1 Å². The number of benzene rings is 2. The van der Waals surface area contributed by atoms with Crippen molar-refractivity contribution in [2.45, 2.75) is 33.3 Å². The number of aromatic amines is 1. The van der Waals surface area contributed by atoms with Crippen LogP contribution in [0.25, 0.3) is 10.9 Å². The topological polar surface area (TPSA) is 62.4 Å². The molecule has 1 aromatic heterocycles. The second-order valence-corrected chi connectivity index (χ2v) is 6.69. The lowest BCUT2D eigenvalue weighted by atomic mass is 10.1. The van der Waals surface area contributed by atoms with E-state index in [1.54, 1.807) is 12.1 Å². The number of aromatic nitrogens is 1. The van der Waals surface area contributed by atoms with Crippen LogP contribution >= 0.6 is 0 Å². The van der Waals surface area contributed by atoms with Crippen molar-refractivity contribution in [2.24, 2.45) is 0 Å². The SMILES string of the molecule is CC(=O)N(Cc1ccccc1OC(F)(F)F)Cc1cc2cccc(C)c2[nH]c1=O. The van der Waals surface area contributed by atoms with Crippen LogP contribution in [0.15, 0.2) is 53.3 Å². The van der Waals surface area contributed by atoms with E-state index in [2.05, 4.69) is 9.72 Å². The summed E-state index contributed by atoms with van der Waals surface area (Å²) in [7, 11) is 0. The van der Waals surface area contributed by atoms with Gasteiger partial charge in [-0.1, -0.05) is 36.4 Å². The molecule has 8 heteroatoms. The third kappa shape index (κ3) is 4.96. The third-order valence-electron chi connectivity index (χ3n) is 4.53. The number of pyridine rings is 1. The highest BCUT2D eigenvalue weighted by molar-refractivity contribution is 5.82. The Morgan fingerprint density at radius 2 is 1.76 bits per heavy atom. The molecule has 0 saturated heterocycles. The fourth-order valence-electron chi connectivity index (χ4n) is 3.09. The molecule has 0 radical (unpaired) electrons. The lowest BCUT2D eigenvalue weighted by Gasteiger charge is -2.23. The number of hydrogen-bond acceptors (Lipinski definition) is 3. The van der Waals surface area contributed by atoms with Crippen molar-refractivity contribution < 1.29 is 22.7 Å². The van der Waals surface area contributed by atoms with Crippen molar-refractivity contribution in [2.75, 3.05) is 0 Å². The summed E-state index contributed by atoms with van der Waals surface area (Å²) in [5.74, 6) is -0.759. The number of fused-ring (bicyclic) bond motifs is 1. The van der Waals surface area contributed by atoms with Gasteiger partial charge >= 0.3 is 6.36 Å². The van der Waals surface area contributed by atoms with E-state index < -0.39 is 6.36 Å². The largest absolute Gasteiger partial charge is 0.573 e. The Kier molecular flexibility index (Phi) is 5.63. The number of ether oxygens (including phenoxy) is 1. The van der Waals surface area contributed by atoms with E-state index in [1.165, 1.54) is 30.0 Å². The highest BCUT2D eigenvalue weighted by Crippen LogP contribution is 2.27. The van der Waals surface area contributed by atoms with Crippen LogP contribution in [0.1, 0.15) is 23.6 Å². The van der Waals surface area contributed by atoms with Gasteiger partial charge in [0, 0.05) is 24.6 Å². The van der Waals surface area contributed by atoms with Crippen molar-refractivity contribution in [3.8, 4) is 5.75 Å². The highest BCUT2D eigenvalue weighted by Gasteiger charge is 2.32. The molecular weight excluding hydrogens is 385 g/mol. The van der Waals surface area contributed by atoms with Crippen LogP contribution in [-0.4, -0.2) is 22.2 Å². The third-order valence-corrected chi connectivity index (χ3v) is 4.53. The molecule has 1 N–H and O–H groups in total. The Hall–Kier alpha value is -3.29. The lowest BCUT2D eigenvalue weighted by molar-refractivity contribution is -0.275. The van der Waals surface area contributed by atoms with Gasteiger partial charge in [-0.15, -0.1) is 13.2 Å². The van der Waals surface area contributed by atoms with Crippen molar-refractivity contribution in [3.05, 3.63) is 75.6 Å². The number of alkyl halides is 3. The van der Waals surface area contributed by atoms with Crippen molar-refractivity contribution in [3.63, 3.8) is 0 Å². The molecule has 0 saturated carbocycles. The summed E-state index contributed by atoms with van der Waals surface area (Å²) < 4.78 is 42.0. The van der Waals surface area contributed by atoms with Crippen LogP contribution in [0, 0.1) is 6.92 Å². The van der Waals surface area contributed by atoms with Gasteiger partial charge in [0.25, 0.3) is 5.56 Å². The van der Waals surface area contributed by atoms with E-state index in [0.29, 0.717) is 11.1 Å². The Morgan fingerprint density at radius 3 is 2.45 bits per heavy atom. The number of amides is 1. The molecular formula is C21H19F3N2O3. The van der Waals surface area contributed by atoms with Gasteiger partial charge in [-0.25, -0.2) is 0 Å². The molecule has 0 atom stereocenters. The zero-order chi connectivity index (χ0) is 21.2. The van der Waals surface area contributed by atoms with Crippen LogP contribution in [-0.2, 0) is 17.9 Å². The van der Waals surface area contributed by atoms with Crippen molar-refractivity contribution >= 4 is 16.8 Å². The second kappa shape index (κ2) is 7.98. The molecule has 0 spiro atoms. The van der Waals surface area contributed by atoms with E-state index in [0.717, 1.165) is 10.9 Å². The number of carbonyl (C=O) groups is 1. The van der Waals surface area contributed by atoms with Crippen LogP contribution in [0.5, 0.6) is 5.75 Å². The van der Waals surface area contributed by atoms with Gasteiger partial charge in [-0.05, 0) is 30.0 Å². The molecule has 0 aliphatic carbocycles. The Balaban J connectivity index is 1.91. The van der Waals surface area contributed by atoms with Crippen molar-refractivity contribution in [1.29, 1.82) is 0 Å². The normalized spacial score (nSPS) is 11.5. The maximum atomic E-state index is 12.6. The van der Waals surface area contributed by atoms with Gasteiger partial charge in [0.1, 0.15) is 5.75 Å². The maximum Gasteiger partial charge on any atom is 0.573 e. The number of halogens is 3. The summed E-state index contributed by atoms with van der Waals surface area (Å²) in [4.78, 5) is 28.7. The molecule has 5 nitrogen and oxygen atoms in total. The predicted molar refractivity (Wildman–Crippen MR) is 102 cm³/mol. The summed E-state index contributed by atoms with van der Waals surface area (Å²) in [5.41, 5.74) is 1.80. The fourth-order valence-corrected chi connectivity index (χ4v) is 3.09. The van der Waals surface area contributed by atoms with Crippen LogP contribution in [0.3, 0.4) is 0 Å². The van der Waals surface area contributed by atoms with E-state index in [1.807, 2.05) is 25.1 Å².